The lowest BCUT2D eigenvalue weighted by Crippen LogP contribution is -2.52. The summed E-state index contributed by atoms with van der Waals surface area (Å²) in [6.45, 7) is 25.1. The Morgan fingerprint density at radius 2 is 1.14 bits per heavy atom. The second kappa shape index (κ2) is 12.1. The maximum absolute atomic E-state index is 6.60. The first kappa shape index (κ1) is 29.6. The predicted molar refractivity (Wildman–Crippen MR) is 156 cm³/mol. The number of hydrogen-bond acceptors (Lipinski definition) is 4. The third-order valence-corrected chi connectivity index (χ3v) is 15.2. The maximum Gasteiger partial charge on any atom is 0.314 e. The van der Waals surface area contributed by atoms with Gasteiger partial charge in [0.15, 0.2) is 16.6 Å². The first-order valence-corrected chi connectivity index (χ1v) is 22.0. The normalized spacial score (nSPS) is 12.9. The van der Waals surface area contributed by atoms with E-state index in [4.69, 9.17) is 17.7 Å². The van der Waals surface area contributed by atoms with E-state index in [0.717, 1.165) is 24.0 Å². The zero-order valence-electron chi connectivity index (χ0n) is 23.4. The van der Waals surface area contributed by atoms with Gasteiger partial charge in [-0.2, -0.15) is 0 Å². The standard InChI is InChI=1S/C28H46O4Si3/c1-11-21-29-26-17-13-24(14-18-26)28(2,3)25-15-19-27(20-16-25)30-22-12-23-35(10,31-33(4,5)6)32-34(7,8)9/h11,13-20H,1,12,21-23H2,2-10H3. The molecule has 0 radical (unpaired) electrons. The van der Waals surface area contributed by atoms with Gasteiger partial charge in [0.25, 0.3) is 0 Å². The minimum Gasteiger partial charge on any atom is -0.494 e. The van der Waals surface area contributed by atoms with Crippen LogP contribution in [0.2, 0.25) is 51.9 Å². The van der Waals surface area contributed by atoms with Crippen LogP contribution in [0.5, 0.6) is 11.5 Å². The van der Waals surface area contributed by atoms with Gasteiger partial charge >= 0.3 is 8.56 Å². The molecule has 0 unspecified atom stereocenters. The molecule has 0 aliphatic rings. The molecule has 7 heteroatoms. The molecule has 0 saturated carbocycles. The Kier molecular flexibility index (Phi) is 10.2. The molecule has 194 valence electrons. The Balaban J connectivity index is 1.96. The molecule has 0 aliphatic carbocycles. The van der Waals surface area contributed by atoms with Crippen LogP contribution in [0.25, 0.3) is 0 Å². The van der Waals surface area contributed by atoms with E-state index < -0.39 is 25.2 Å². The van der Waals surface area contributed by atoms with Crippen molar-refractivity contribution >= 4 is 25.2 Å². The molecule has 0 bridgehead atoms. The molecule has 35 heavy (non-hydrogen) atoms. The highest BCUT2D eigenvalue weighted by atomic mass is 28.5. The van der Waals surface area contributed by atoms with Crippen LogP contribution >= 0.6 is 0 Å². The minimum atomic E-state index is -2.21. The monoisotopic (exact) mass is 530 g/mol. The van der Waals surface area contributed by atoms with Gasteiger partial charge in [0.1, 0.15) is 18.1 Å². The molecule has 2 rings (SSSR count). The summed E-state index contributed by atoms with van der Waals surface area (Å²) in [5, 5.41) is 0. The van der Waals surface area contributed by atoms with Crippen molar-refractivity contribution in [3.8, 4) is 11.5 Å². The van der Waals surface area contributed by atoms with Crippen molar-refractivity contribution in [1.29, 1.82) is 0 Å². The lowest BCUT2D eigenvalue weighted by Gasteiger charge is -2.38. The molecule has 0 atom stereocenters. The zero-order chi connectivity index (χ0) is 26.3. The van der Waals surface area contributed by atoms with E-state index in [-0.39, 0.29) is 5.41 Å². The lowest BCUT2D eigenvalue weighted by atomic mass is 9.78. The van der Waals surface area contributed by atoms with Crippen LogP contribution in [0, 0.1) is 0 Å². The van der Waals surface area contributed by atoms with Gasteiger partial charge in [-0.1, -0.05) is 50.8 Å². The van der Waals surface area contributed by atoms with Gasteiger partial charge < -0.3 is 17.7 Å². The highest BCUT2D eigenvalue weighted by Gasteiger charge is 2.39. The fraction of sp³-hybridized carbons (Fsp3) is 0.500. The Hall–Kier alpha value is -1.65. The fourth-order valence-electron chi connectivity index (χ4n) is 4.26. The molecular formula is C28H46O4Si3. The average molecular weight is 531 g/mol. The summed E-state index contributed by atoms with van der Waals surface area (Å²) < 4.78 is 24.9. The summed E-state index contributed by atoms with van der Waals surface area (Å²) >= 11 is 0. The number of hydrogen-bond donors (Lipinski definition) is 0. The topological polar surface area (TPSA) is 36.9 Å². The van der Waals surface area contributed by atoms with E-state index in [2.05, 4.69) is 103 Å². The number of benzene rings is 2. The molecule has 0 amide bonds. The van der Waals surface area contributed by atoms with Crippen LogP contribution in [-0.2, 0) is 13.6 Å². The zero-order valence-corrected chi connectivity index (χ0v) is 26.4. The van der Waals surface area contributed by atoms with Crippen LogP contribution in [0.4, 0.5) is 0 Å². The average Bonchev–Trinajstić information content (AvgIpc) is 2.73. The van der Waals surface area contributed by atoms with Crippen LogP contribution in [0.1, 0.15) is 31.4 Å². The van der Waals surface area contributed by atoms with Gasteiger partial charge in [-0.05, 0) is 93.7 Å². The molecule has 0 aromatic heterocycles. The third-order valence-electron chi connectivity index (χ3n) is 5.61. The van der Waals surface area contributed by atoms with E-state index >= 15 is 0 Å². The number of ether oxygens (including phenoxy) is 2. The number of rotatable bonds is 14. The molecule has 0 spiro atoms. The molecule has 2 aromatic rings. The smallest absolute Gasteiger partial charge is 0.314 e. The molecule has 2 aromatic carbocycles. The molecule has 0 heterocycles. The van der Waals surface area contributed by atoms with Crippen molar-refractivity contribution in [1.82, 2.24) is 0 Å². The van der Waals surface area contributed by atoms with Crippen LogP contribution in [0.15, 0.2) is 61.2 Å². The van der Waals surface area contributed by atoms with Crippen molar-refractivity contribution in [2.75, 3.05) is 13.2 Å². The van der Waals surface area contributed by atoms with Crippen molar-refractivity contribution in [2.45, 2.75) is 77.6 Å². The van der Waals surface area contributed by atoms with Crippen molar-refractivity contribution in [3.05, 3.63) is 72.3 Å². The summed E-state index contributed by atoms with van der Waals surface area (Å²) in [6.07, 6.45) is 2.69. The summed E-state index contributed by atoms with van der Waals surface area (Å²) in [5.41, 5.74) is 2.37. The summed E-state index contributed by atoms with van der Waals surface area (Å²) in [5.74, 6) is 1.76. The Bertz CT molecular complexity index is 911. The van der Waals surface area contributed by atoms with Crippen LogP contribution in [0.3, 0.4) is 0 Å². The van der Waals surface area contributed by atoms with Crippen molar-refractivity contribution in [2.24, 2.45) is 0 Å². The van der Waals surface area contributed by atoms with E-state index in [1.807, 2.05) is 12.1 Å². The summed E-state index contributed by atoms with van der Waals surface area (Å²) in [6, 6.07) is 17.7. The molecule has 4 nitrogen and oxygen atoms in total. The maximum atomic E-state index is 6.60. The van der Waals surface area contributed by atoms with Crippen LogP contribution < -0.4 is 9.47 Å². The van der Waals surface area contributed by atoms with Crippen LogP contribution in [-0.4, -0.2) is 38.4 Å². The third kappa shape index (κ3) is 10.1. The van der Waals surface area contributed by atoms with Gasteiger partial charge in [0, 0.05) is 5.41 Å². The summed E-state index contributed by atoms with van der Waals surface area (Å²) in [4.78, 5) is 0. The van der Waals surface area contributed by atoms with E-state index in [1.54, 1.807) is 6.08 Å². The molecule has 0 saturated heterocycles. The quantitative estimate of drug-likeness (QED) is 0.140. The van der Waals surface area contributed by atoms with E-state index in [9.17, 15) is 0 Å². The van der Waals surface area contributed by atoms with Crippen molar-refractivity contribution < 1.29 is 17.7 Å². The highest BCUT2D eigenvalue weighted by Crippen LogP contribution is 2.33. The van der Waals surface area contributed by atoms with Gasteiger partial charge in [0.2, 0.25) is 0 Å². The predicted octanol–water partition coefficient (Wildman–Crippen LogP) is 8.12. The van der Waals surface area contributed by atoms with Gasteiger partial charge in [-0.15, -0.1) is 0 Å². The first-order valence-electron chi connectivity index (χ1n) is 12.6. The van der Waals surface area contributed by atoms with E-state index in [0.29, 0.717) is 13.2 Å². The van der Waals surface area contributed by atoms with Gasteiger partial charge in [0.05, 0.1) is 6.61 Å². The minimum absolute atomic E-state index is 0.120. The van der Waals surface area contributed by atoms with Crippen molar-refractivity contribution in [3.63, 3.8) is 0 Å². The highest BCUT2D eigenvalue weighted by molar-refractivity contribution is 6.87. The van der Waals surface area contributed by atoms with Gasteiger partial charge in [-0.3, -0.25) is 0 Å². The second-order valence-corrected chi connectivity index (χ2v) is 24.6. The Morgan fingerprint density at radius 3 is 1.54 bits per heavy atom. The Morgan fingerprint density at radius 1 is 0.714 bits per heavy atom. The van der Waals surface area contributed by atoms with E-state index in [1.165, 1.54) is 11.1 Å². The lowest BCUT2D eigenvalue weighted by molar-refractivity contribution is 0.306. The fourth-order valence-corrected chi connectivity index (χ4v) is 16.8. The molecule has 0 fully saturated rings. The Labute approximate surface area is 217 Å². The molecular weight excluding hydrogens is 485 g/mol. The second-order valence-electron chi connectivity index (χ2n) is 11.8. The SMILES string of the molecule is C=CCOc1ccc(C(C)(C)c2ccc(OCCC[Si](C)(O[Si](C)(C)C)O[Si](C)(C)C)cc2)cc1. The largest absolute Gasteiger partial charge is 0.494 e. The molecule has 0 aliphatic heterocycles. The van der Waals surface area contributed by atoms with Gasteiger partial charge in [-0.25, -0.2) is 0 Å². The first-order chi connectivity index (χ1) is 16.1. The molecule has 0 N–H and O–H groups in total. The summed E-state index contributed by atoms with van der Waals surface area (Å²) in [7, 11) is -5.55.